The number of rotatable bonds is 5. The fraction of sp³-hybridized carbons (Fsp3) is 0.353. The molecule has 21 heavy (non-hydrogen) atoms. The molecule has 1 aromatic heterocycles. The molecular formula is C17H22N2OS. The summed E-state index contributed by atoms with van der Waals surface area (Å²) in [6.45, 7) is 8.24. The van der Waals surface area contributed by atoms with Crippen molar-refractivity contribution in [1.82, 2.24) is 5.32 Å². The van der Waals surface area contributed by atoms with Gasteiger partial charge in [-0.3, -0.25) is 4.79 Å². The van der Waals surface area contributed by atoms with E-state index in [1.165, 1.54) is 9.75 Å². The van der Waals surface area contributed by atoms with E-state index in [1.807, 2.05) is 29.5 Å². The molecule has 3 nitrogen and oxygen atoms in total. The third-order valence-electron chi connectivity index (χ3n) is 3.24. The monoisotopic (exact) mass is 302 g/mol. The number of carbonyl (C=O) groups excluding carboxylic acids is 1. The number of primary amides is 1. The van der Waals surface area contributed by atoms with Gasteiger partial charge in [-0.05, 0) is 35.2 Å². The van der Waals surface area contributed by atoms with Crippen LogP contribution in [0.2, 0.25) is 0 Å². The fourth-order valence-corrected chi connectivity index (χ4v) is 3.08. The SMILES string of the molecule is CC(C)(C)c1ccc(CNCc2cccc(C(N)=O)c2)s1. The normalized spacial score (nSPS) is 11.6. The van der Waals surface area contributed by atoms with Crippen molar-refractivity contribution in [3.05, 3.63) is 57.3 Å². The maximum Gasteiger partial charge on any atom is 0.248 e. The first-order chi connectivity index (χ1) is 9.86. The van der Waals surface area contributed by atoms with Crippen LogP contribution in [0, 0.1) is 0 Å². The number of hydrogen-bond donors (Lipinski definition) is 2. The van der Waals surface area contributed by atoms with Crippen LogP contribution in [0.25, 0.3) is 0 Å². The van der Waals surface area contributed by atoms with Crippen molar-refractivity contribution < 1.29 is 4.79 Å². The maximum absolute atomic E-state index is 11.1. The van der Waals surface area contributed by atoms with Crippen molar-refractivity contribution in [2.45, 2.75) is 39.3 Å². The molecule has 0 saturated carbocycles. The molecule has 0 bridgehead atoms. The molecule has 112 valence electrons. The number of nitrogens with two attached hydrogens (primary N) is 1. The van der Waals surface area contributed by atoms with E-state index in [1.54, 1.807) is 6.07 Å². The van der Waals surface area contributed by atoms with Crippen LogP contribution >= 0.6 is 11.3 Å². The van der Waals surface area contributed by atoms with Gasteiger partial charge in [0.05, 0.1) is 0 Å². The van der Waals surface area contributed by atoms with Gasteiger partial charge in [-0.1, -0.05) is 32.9 Å². The van der Waals surface area contributed by atoms with Crippen molar-refractivity contribution >= 4 is 17.2 Å². The molecular weight excluding hydrogens is 280 g/mol. The molecule has 0 fully saturated rings. The zero-order valence-electron chi connectivity index (χ0n) is 12.8. The number of nitrogens with one attached hydrogen (secondary N) is 1. The molecule has 0 aliphatic carbocycles. The first-order valence-corrected chi connectivity index (χ1v) is 7.86. The summed E-state index contributed by atoms with van der Waals surface area (Å²) in [5, 5.41) is 3.41. The van der Waals surface area contributed by atoms with Crippen molar-refractivity contribution in [3.8, 4) is 0 Å². The van der Waals surface area contributed by atoms with Gasteiger partial charge in [0.25, 0.3) is 0 Å². The van der Waals surface area contributed by atoms with E-state index in [0.29, 0.717) is 5.56 Å². The molecule has 1 amide bonds. The Hall–Kier alpha value is -1.65. The van der Waals surface area contributed by atoms with Gasteiger partial charge in [-0.25, -0.2) is 0 Å². The van der Waals surface area contributed by atoms with Gasteiger partial charge in [0.2, 0.25) is 5.91 Å². The maximum atomic E-state index is 11.1. The van der Waals surface area contributed by atoms with Gasteiger partial charge in [-0.15, -0.1) is 11.3 Å². The van der Waals surface area contributed by atoms with Crippen LogP contribution in [0.1, 0.15) is 46.4 Å². The first-order valence-electron chi connectivity index (χ1n) is 7.05. The molecule has 2 aromatic rings. The van der Waals surface area contributed by atoms with E-state index < -0.39 is 0 Å². The Labute approximate surface area is 130 Å². The minimum atomic E-state index is -0.384. The molecule has 1 heterocycles. The average molecular weight is 302 g/mol. The highest BCUT2D eigenvalue weighted by Crippen LogP contribution is 2.29. The third-order valence-corrected chi connectivity index (χ3v) is 4.75. The summed E-state index contributed by atoms with van der Waals surface area (Å²) in [5.74, 6) is -0.384. The van der Waals surface area contributed by atoms with E-state index in [2.05, 4.69) is 38.2 Å². The Bertz CT molecular complexity index is 626. The number of benzene rings is 1. The minimum Gasteiger partial charge on any atom is -0.366 e. The summed E-state index contributed by atoms with van der Waals surface area (Å²) < 4.78 is 0. The van der Waals surface area contributed by atoms with Crippen LogP contribution in [-0.2, 0) is 18.5 Å². The lowest BCUT2D eigenvalue weighted by molar-refractivity contribution is 0.1000. The number of carbonyl (C=O) groups is 1. The Morgan fingerprint density at radius 1 is 1.19 bits per heavy atom. The van der Waals surface area contributed by atoms with Gasteiger partial charge < -0.3 is 11.1 Å². The van der Waals surface area contributed by atoms with Crippen LogP contribution in [0.3, 0.4) is 0 Å². The molecule has 0 atom stereocenters. The summed E-state index contributed by atoms with van der Waals surface area (Å²) in [7, 11) is 0. The molecule has 1 aromatic carbocycles. The van der Waals surface area contributed by atoms with Gasteiger partial charge in [0, 0.05) is 28.4 Å². The lowest BCUT2D eigenvalue weighted by Crippen LogP contribution is -2.14. The Morgan fingerprint density at radius 2 is 1.95 bits per heavy atom. The van der Waals surface area contributed by atoms with Crippen LogP contribution in [0.15, 0.2) is 36.4 Å². The van der Waals surface area contributed by atoms with Crippen LogP contribution < -0.4 is 11.1 Å². The molecule has 4 heteroatoms. The Morgan fingerprint density at radius 3 is 2.57 bits per heavy atom. The van der Waals surface area contributed by atoms with Crippen molar-refractivity contribution in [2.24, 2.45) is 5.73 Å². The second-order valence-electron chi connectivity index (χ2n) is 6.18. The third kappa shape index (κ3) is 4.41. The second kappa shape index (κ2) is 6.41. The van der Waals surface area contributed by atoms with E-state index >= 15 is 0 Å². The predicted molar refractivity (Wildman–Crippen MR) is 88.5 cm³/mol. The molecule has 3 N–H and O–H groups in total. The molecule has 0 aliphatic heterocycles. The predicted octanol–water partition coefficient (Wildman–Crippen LogP) is 3.43. The highest BCUT2D eigenvalue weighted by molar-refractivity contribution is 7.12. The summed E-state index contributed by atoms with van der Waals surface area (Å²) in [5.41, 5.74) is 7.12. The minimum absolute atomic E-state index is 0.207. The van der Waals surface area contributed by atoms with Crippen molar-refractivity contribution in [1.29, 1.82) is 0 Å². The summed E-state index contributed by atoms with van der Waals surface area (Å²) in [6.07, 6.45) is 0. The van der Waals surface area contributed by atoms with E-state index in [9.17, 15) is 4.79 Å². The summed E-state index contributed by atoms with van der Waals surface area (Å²) in [6, 6.07) is 11.8. The average Bonchev–Trinajstić information content (AvgIpc) is 2.88. The number of hydrogen-bond acceptors (Lipinski definition) is 3. The van der Waals surface area contributed by atoms with Crippen molar-refractivity contribution in [2.75, 3.05) is 0 Å². The van der Waals surface area contributed by atoms with Crippen LogP contribution in [0.5, 0.6) is 0 Å². The van der Waals surface area contributed by atoms with Gasteiger partial charge in [0.15, 0.2) is 0 Å². The molecule has 0 saturated heterocycles. The fourth-order valence-electron chi connectivity index (χ4n) is 2.04. The molecule has 0 unspecified atom stereocenters. The highest BCUT2D eigenvalue weighted by Gasteiger charge is 2.15. The second-order valence-corrected chi connectivity index (χ2v) is 7.35. The Balaban J connectivity index is 1.91. The number of thiophene rings is 1. The van der Waals surface area contributed by atoms with E-state index in [4.69, 9.17) is 5.73 Å². The van der Waals surface area contributed by atoms with Gasteiger partial charge >= 0.3 is 0 Å². The van der Waals surface area contributed by atoms with Crippen molar-refractivity contribution in [3.63, 3.8) is 0 Å². The highest BCUT2D eigenvalue weighted by atomic mass is 32.1. The zero-order chi connectivity index (χ0) is 15.5. The largest absolute Gasteiger partial charge is 0.366 e. The Kier molecular flexibility index (Phi) is 4.80. The standard InChI is InChI=1S/C17H22N2OS/c1-17(2,3)15-8-7-14(21-15)11-19-10-12-5-4-6-13(9-12)16(18)20/h4-9,19H,10-11H2,1-3H3,(H2,18,20). The first kappa shape index (κ1) is 15.7. The topological polar surface area (TPSA) is 55.1 Å². The smallest absolute Gasteiger partial charge is 0.248 e. The lowest BCUT2D eigenvalue weighted by Gasteiger charge is -2.15. The lowest BCUT2D eigenvalue weighted by atomic mass is 9.95. The van der Waals surface area contributed by atoms with Crippen LogP contribution in [0.4, 0.5) is 0 Å². The van der Waals surface area contributed by atoms with Crippen LogP contribution in [-0.4, -0.2) is 5.91 Å². The quantitative estimate of drug-likeness (QED) is 0.889. The van der Waals surface area contributed by atoms with E-state index in [-0.39, 0.29) is 11.3 Å². The zero-order valence-corrected chi connectivity index (χ0v) is 13.6. The summed E-state index contributed by atoms with van der Waals surface area (Å²) in [4.78, 5) is 13.9. The van der Waals surface area contributed by atoms with Gasteiger partial charge in [0.1, 0.15) is 0 Å². The molecule has 0 radical (unpaired) electrons. The van der Waals surface area contributed by atoms with Gasteiger partial charge in [-0.2, -0.15) is 0 Å². The molecule has 2 rings (SSSR count). The molecule has 0 spiro atoms. The van der Waals surface area contributed by atoms with E-state index in [0.717, 1.165) is 18.7 Å². The number of amides is 1. The summed E-state index contributed by atoms with van der Waals surface area (Å²) >= 11 is 1.85. The molecule has 0 aliphatic rings.